The number of carbonyl (C=O) groups excluding carboxylic acids is 2. The molecule has 1 saturated heterocycles. The van der Waals surface area contributed by atoms with E-state index in [-0.39, 0.29) is 17.7 Å². The fourth-order valence-electron chi connectivity index (χ4n) is 2.80. The Morgan fingerprint density at radius 3 is 2.84 bits per heavy atom. The van der Waals surface area contributed by atoms with Crippen molar-refractivity contribution in [2.45, 2.75) is 46.5 Å². The number of nitrogens with one attached hydrogen (secondary N) is 2. The molecule has 2 aliphatic rings. The second-order valence-electron chi connectivity index (χ2n) is 6.00. The number of rotatable bonds is 3. The third kappa shape index (κ3) is 2.72. The number of hydrogen-bond donors (Lipinski definition) is 2. The maximum absolute atomic E-state index is 11.9. The van der Waals surface area contributed by atoms with Gasteiger partial charge in [-0.1, -0.05) is 23.3 Å². The summed E-state index contributed by atoms with van der Waals surface area (Å²) in [6, 6.07) is 0. The molecule has 0 unspecified atom stereocenters. The van der Waals surface area contributed by atoms with Crippen molar-refractivity contribution in [1.29, 1.82) is 0 Å². The third-order valence-electron chi connectivity index (χ3n) is 4.20. The molecule has 1 aliphatic carbocycles. The van der Waals surface area contributed by atoms with Crippen molar-refractivity contribution in [3.8, 4) is 0 Å². The maximum atomic E-state index is 11.9. The minimum atomic E-state index is -0.581. The van der Waals surface area contributed by atoms with E-state index in [0.29, 0.717) is 12.8 Å². The zero-order chi connectivity index (χ0) is 14.0. The van der Waals surface area contributed by atoms with Crippen molar-refractivity contribution in [3.63, 3.8) is 0 Å². The number of fused-ring (bicyclic) bond motifs is 1. The van der Waals surface area contributed by atoms with Crippen molar-refractivity contribution >= 4 is 11.8 Å². The van der Waals surface area contributed by atoms with Crippen LogP contribution in [0.1, 0.15) is 46.5 Å². The van der Waals surface area contributed by atoms with Gasteiger partial charge in [0.15, 0.2) is 0 Å². The molecule has 0 aromatic heterocycles. The van der Waals surface area contributed by atoms with Crippen LogP contribution in [0.2, 0.25) is 0 Å². The molecule has 2 N–H and O–H groups in total. The first kappa shape index (κ1) is 13.8. The van der Waals surface area contributed by atoms with Gasteiger partial charge in [-0.25, -0.2) is 0 Å². The molecule has 2 atom stereocenters. The van der Waals surface area contributed by atoms with Crippen LogP contribution < -0.4 is 10.9 Å². The highest BCUT2D eigenvalue weighted by molar-refractivity contribution is 5.95. The van der Waals surface area contributed by atoms with Gasteiger partial charge in [-0.05, 0) is 46.5 Å². The predicted octanol–water partition coefficient (Wildman–Crippen LogP) is 2.24. The van der Waals surface area contributed by atoms with Crippen LogP contribution in [-0.2, 0) is 9.59 Å². The highest BCUT2D eigenvalue weighted by Crippen LogP contribution is 2.43. The molecule has 0 bridgehead atoms. The van der Waals surface area contributed by atoms with E-state index in [2.05, 4.69) is 36.9 Å². The van der Waals surface area contributed by atoms with E-state index in [4.69, 9.17) is 0 Å². The second kappa shape index (κ2) is 5.19. The van der Waals surface area contributed by atoms with Crippen LogP contribution in [0, 0.1) is 11.3 Å². The van der Waals surface area contributed by atoms with Crippen molar-refractivity contribution < 1.29 is 9.59 Å². The van der Waals surface area contributed by atoms with E-state index in [0.717, 1.165) is 12.8 Å². The number of carbonyl (C=O) groups is 2. The van der Waals surface area contributed by atoms with Crippen LogP contribution in [0.5, 0.6) is 0 Å². The van der Waals surface area contributed by atoms with E-state index < -0.39 is 5.41 Å². The van der Waals surface area contributed by atoms with Crippen LogP contribution in [-0.4, -0.2) is 11.8 Å². The van der Waals surface area contributed by atoms with Gasteiger partial charge in [0, 0.05) is 0 Å². The summed E-state index contributed by atoms with van der Waals surface area (Å²) in [4.78, 5) is 23.9. The molecule has 2 amide bonds. The molecular formula is C15H22N2O2. The summed E-state index contributed by atoms with van der Waals surface area (Å²) < 4.78 is 0. The number of hydrazine groups is 1. The Balaban J connectivity index is 2.08. The van der Waals surface area contributed by atoms with Gasteiger partial charge in [0.05, 0.1) is 11.3 Å². The molecule has 19 heavy (non-hydrogen) atoms. The van der Waals surface area contributed by atoms with Crippen LogP contribution in [0.3, 0.4) is 0 Å². The number of amides is 2. The van der Waals surface area contributed by atoms with Gasteiger partial charge in [-0.15, -0.1) is 0 Å². The Hall–Kier alpha value is -1.58. The number of allylic oxidation sites excluding steroid dienone is 4. The minimum absolute atomic E-state index is 0.0603. The summed E-state index contributed by atoms with van der Waals surface area (Å²) in [5.74, 6) is -0.362. The van der Waals surface area contributed by atoms with E-state index in [9.17, 15) is 9.59 Å². The van der Waals surface area contributed by atoms with E-state index in [1.165, 1.54) is 11.1 Å². The van der Waals surface area contributed by atoms with Crippen molar-refractivity contribution in [1.82, 2.24) is 10.9 Å². The van der Waals surface area contributed by atoms with E-state index >= 15 is 0 Å². The molecule has 0 spiro atoms. The second-order valence-corrected chi connectivity index (χ2v) is 6.00. The lowest BCUT2D eigenvalue weighted by molar-refractivity contribution is -0.150. The van der Waals surface area contributed by atoms with Crippen LogP contribution >= 0.6 is 0 Å². The Morgan fingerprint density at radius 2 is 2.16 bits per heavy atom. The van der Waals surface area contributed by atoms with Gasteiger partial charge >= 0.3 is 0 Å². The molecule has 0 radical (unpaired) electrons. The highest BCUT2D eigenvalue weighted by Gasteiger charge is 2.49. The molecule has 1 heterocycles. The Bertz CT molecular complexity index is 461. The quantitative estimate of drug-likeness (QED) is 0.766. The summed E-state index contributed by atoms with van der Waals surface area (Å²) in [6.45, 7) is 6.06. The lowest BCUT2D eigenvalue weighted by Gasteiger charge is -2.41. The van der Waals surface area contributed by atoms with Crippen molar-refractivity contribution in [2.75, 3.05) is 0 Å². The summed E-state index contributed by atoms with van der Waals surface area (Å²) in [5.41, 5.74) is 6.97. The van der Waals surface area contributed by atoms with Crippen molar-refractivity contribution in [3.05, 3.63) is 23.3 Å². The lowest BCUT2D eigenvalue weighted by Crippen LogP contribution is -2.61. The van der Waals surface area contributed by atoms with E-state index in [1.54, 1.807) is 0 Å². The monoisotopic (exact) mass is 262 g/mol. The van der Waals surface area contributed by atoms with Gasteiger partial charge < -0.3 is 0 Å². The van der Waals surface area contributed by atoms with Gasteiger partial charge in [-0.2, -0.15) is 0 Å². The molecule has 2 rings (SSSR count). The fourth-order valence-corrected chi connectivity index (χ4v) is 2.80. The average Bonchev–Trinajstić information content (AvgIpc) is 2.35. The predicted molar refractivity (Wildman–Crippen MR) is 73.9 cm³/mol. The van der Waals surface area contributed by atoms with Crippen LogP contribution in [0.15, 0.2) is 23.3 Å². The Labute approximate surface area is 114 Å². The zero-order valence-corrected chi connectivity index (χ0v) is 11.9. The van der Waals surface area contributed by atoms with Gasteiger partial charge in [-0.3, -0.25) is 20.4 Å². The first-order valence-corrected chi connectivity index (χ1v) is 6.85. The Morgan fingerprint density at radius 1 is 1.42 bits per heavy atom. The summed E-state index contributed by atoms with van der Waals surface area (Å²) in [7, 11) is 0. The molecule has 0 aromatic rings. The smallest absolute Gasteiger partial charge is 0.245 e. The number of hydrogen-bond acceptors (Lipinski definition) is 2. The van der Waals surface area contributed by atoms with Gasteiger partial charge in [0.2, 0.25) is 11.8 Å². The Kier molecular flexibility index (Phi) is 3.78. The minimum Gasteiger partial charge on any atom is -0.273 e. The fraction of sp³-hybridized carbons (Fsp3) is 0.600. The molecule has 4 nitrogen and oxygen atoms in total. The molecule has 0 aromatic carbocycles. The molecule has 1 fully saturated rings. The van der Waals surface area contributed by atoms with Crippen LogP contribution in [0.25, 0.3) is 0 Å². The average molecular weight is 262 g/mol. The third-order valence-corrected chi connectivity index (χ3v) is 4.20. The zero-order valence-electron chi connectivity index (χ0n) is 11.9. The van der Waals surface area contributed by atoms with Crippen molar-refractivity contribution in [2.24, 2.45) is 11.3 Å². The highest BCUT2D eigenvalue weighted by atomic mass is 16.2. The van der Waals surface area contributed by atoms with E-state index in [1.807, 2.05) is 6.92 Å². The largest absolute Gasteiger partial charge is 0.273 e. The molecular weight excluding hydrogens is 240 g/mol. The topological polar surface area (TPSA) is 58.2 Å². The standard InChI is InChI=1S/C15H22N2O2/c1-10(2)5-4-6-11-7-8-15(3)12(9-11)13(18)16-17-14(15)19/h5,7,12H,4,6,8-9H2,1-3H3,(H,16,18)(H,17,19)/t12-,15-/m1/s1. The molecule has 104 valence electrons. The summed E-state index contributed by atoms with van der Waals surface area (Å²) >= 11 is 0. The van der Waals surface area contributed by atoms with Crippen LogP contribution in [0.4, 0.5) is 0 Å². The summed E-state index contributed by atoms with van der Waals surface area (Å²) in [6.07, 6.45) is 7.70. The summed E-state index contributed by atoms with van der Waals surface area (Å²) in [5, 5.41) is 0. The normalized spacial score (nSPS) is 29.8. The SMILES string of the molecule is CC(C)=CCCC1=CC[C@@]2(C)C(=O)NNC(=O)[C@H]2C1. The molecule has 1 aliphatic heterocycles. The maximum Gasteiger partial charge on any atom is 0.245 e. The lowest BCUT2D eigenvalue weighted by atomic mass is 9.66. The first-order chi connectivity index (χ1) is 8.93. The first-order valence-electron chi connectivity index (χ1n) is 6.85. The molecule has 0 saturated carbocycles. The molecule has 4 heteroatoms. The van der Waals surface area contributed by atoms with Gasteiger partial charge in [0.1, 0.15) is 0 Å². The van der Waals surface area contributed by atoms with Gasteiger partial charge in [0.25, 0.3) is 0 Å².